The van der Waals surface area contributed by atoms with Crippen LogP contribution < -0.4 is 15.6 Å². The summed E-state index contributed by atoms with van der Waals surface area (Å²) < 4.78 is 24.6. The maximum Gasteiger partial charge on any atom is 0.227 e. The van der Waals surface area contributed by atoms with Gasteiger partial charge in [-0.15, -0.1) is 0 Å². The molecule has 194 valence electrons. The summed E-state index contributed by atoms with van der Waals surface area (Å²) in [5, 5.41) is 0. The van der Waals surface area contributed by atoms with Gasteiger partial charge in [-0.05, 0) is 54.1 Å². The predicted octanol–water partition coefficient (Wildman–Crippen LogP) is 6.19. The van der Waals surface area contributed by atoms with Crippen LogP contribution in [0.2, 0.25) is 0 Å². The first-order valence-corrected chi connectivity index (χ1v) is 12.6. The van der Waals surface area contributed by atoms with Gasteiger partial charge in [-0.1, -0.05) is 36.4 Å². The molecule has 1 atom stereocenters. The Balaban J connectivity index is 1.27. The molecule has 3 aromatic carbocycles. The zero-order valence-electron chi connectivity index (χ0n) is 20.9. The third-order valence-corrected chi connectivity index (χ3v) is 6.46. The van der Waals surface area contributed by atoms with Crippen molar-refractivity contribution in [1.82, 2.24) is 9.97 Å². The smallest absolute Gasteiger partial charge is 0.227 e. The Labute approximate surface area is 226 Å². The molecule has 0 bridgehead atoms. The summed E-state index contributed by atoms with van der Waals surface area (Å²) in [6, 6.07) is 29.6. The largest absolute Gasteiger partial charge is 0.460 e. The van der Waals surface area contributed by atoms with Gasteiger partial charge < -0.3 is 18.3 Å². The predicted molar refractivity (Wildman–Crippen MR) is 148 cm³/mol. The fourth-order valence-corrected chi connectivity index (χ4v) is 4.49. The van der Waals surface area contributed by atoms with Gasteiger partial charge in [0.05, 0.1) is 6.61 Å². The van der Waals surface area contributed by atoms with Crippen LogP contribution in [0.4, 0.5) is 0 Å². The molecule has 1 unspecified atom stereocenters. The molecule has 0 saturated heterocycles. The first-order chi connectivity index (χ1) is 19.6. The van der Waals surface area contributed by atoms with Crippen LogP contribution in [0.3, 0.4) is 0 Å². The minimum absolute atomic E-state index is 0.156. The van der Waals surface area contributed by atoms with E-state index in [4.69, 9.17) is 18.3 Å². The van der Waals surface area contributed by atoms with E-state index in [1.54, 1.807) is 36.4 Å². The van der Waals surface area contributed by atoms with Crippen LogP contribution in [-0.2, 0) is 11.3 Å². The molecule has 0 amide bonds. The average molecular weight is 529 g/mol. The van der Waals surface area contributed by atoms with E-state index < -0.39 is 6.29 Å². The molecule has 0 spiro atoms. The fourth-order valence-electron chi connectivity index (χ4n) is 4.49. The van der Waals surface area contributed by atoms with Crippen LogP contribution in [0.1, 0.15) is 17.4 Å². The van der Waals surface area contributed by atoms with Crippen molar-refractivity contribution in [1.29, 1.82) is 0 Å². The molecule has 2 aliphatic heterocycles. The third-order valence-electron chi connectivity index (χ3n) is 6.46. The van der Waals surface area contributed by atoms with E-state index in [-0.39, 0.29) is 10.9 Å². The quantitative estimate of drug-likeness (QED) is 0.186. The van der Waals surface area contributed by atoms with Crippen LogP contribution >= 0.6 is 0 Å². The van der Waals surface area contributed by atoms with Crippen LogP contribution in [0.15, 0.2) is 122 Å². The topological polar surface area (TPSA) is 105 Å². The van der Waals surface area contributed by atoms with Gasteiger partial charge in [0.25, 0.3) is 0 Å². The molecular formula is C32H20N2O6. The van der Waals surface area contributed by atoms with Crippen molar-refractivity contribution in [2.75, 3.05) is 0 Å². The highest BCUT2D eigenvalue weighted by molar-refractivity contribution is 5.78. The minimum atomic E-state index is -0.819. The van der Waals surface area contributed by atoms with Crippen molar-refractivity contribution in [3.63, 3.8) is 0 Å². The number of nitrogens with zero attached hydrogens (tertiary/aromatic N) is 2. The monoisotopic (exact) mass is 528 g/mol. The maximum absolute atomic E-state index is 11.8. The van der Waals surface area contributed by atoms with Gasteiger partial charge >= 0.3 is 0 Å². The Morgan fingerprint density at radius 3 is 1.95 bits per heavy atom. The first kappa shape index (κ1) is 23.8. The first-order valence-electron chi connectivity index (χ1n) is 12.6. The van der Waals surface area contributed by atoms with Crippen molar-refractivity contribution in [2.45, 2.75) is 12.9 Å². The van der Waals surface area contributed by atoms with Gasteiger partial charge in [-0.25, -0.2) is 9.97 Å². The molecule has 7 rings (SSSR count). The van der Waals surface area contributed by atoms with Crippen molar-refractivity contribution >= 4 is 22.2 Å². The molecule has 3 aromatic rings. The average Bonchev–Trinajstić information content (AvgIpc) is 2.97. The van der Waals surface area contributed by atoms with Crippen LogP contribution in [-0.4, -0.2) is 9.97 Å². The van der Waals surface area contributed by atoms with Crippen molar-refractivity contribution in [3.05, 3.63) is 135 Å². The van der Waals surface area contributed by atoms with Crippen LogP contribution in [0, 0.1) is 0 Å². The van der Waals surface area contributed by atoms with Gasteiger partial charge in [-0.2, -0.15) is 0 Å². The number of hydrogen-bond acceptors (Lipinski definition) is 8. The van der Waals surface area contributed by atoms with Gasteiger partial charge in [0.1, 0.15) is 28.2 Å². The number of fused-ring (bicyclic) bond motifs is 4. The van der Waals surface area contributed by atoms with Gasteiger partial charge in [0.15, 0.2) is 33.5 Å². The molecule has 8 heteroatoms. The van der Waals surface area contributed by atoms with E-state index in [1.165, 1.54) is 24.3 Å². The lowest BCUT2D eigenvalue weighted by molar-refractivity contribution is -0.0928. The van der Waals surface area contributed by atoms with E-state index >= 15 is 0 Å². The Morgan fingerprint density at radius 2 is 1.27 bits per heavy atom. The van der Waals surface area contributed by atoms with Crippen LogP contribution in [0.5, 0.6) is 5.75 Å². The summed E-state index contributed by atoms with van der Waals surface area (Å²) in [4.78, 5) is 32.8. The summed E-state index contributed by atoms with van der Waals surface area (Å²) in [5.74, 6) is 1.28. The second-order valence-electron chi connectivity index (χ2n) is 9.29. The highest BCUT2D eigenvalue weighted by Crippen LogP contribution is 2.32. The van der Waals surface area contributed by atoms with Gasteiger partial charge in [-0.3, -0.25) is 9.59 Å². The lowest BCUT2D eigenvalue weighted by atomic mass is 10.1. The molecule has 0 fully saturated rings. The Morgan fingerprint density at radius 1 is 0.650 bits per heavy atom. The van der Waals surface area contributed by atoms with Crippen molar-refractivity contribution < 1.29 is 18.3 Å². The third kappa shape index (κ3) is 4.68. The van der Waals surface area contributed by atoms with Crippen LogP contribution in [0.25, 0.3) is 45.1 Å². The normalized spacial score (nSPS) is 12.3. The lowest BCUT2D eigenvalue weighted by Crippen LogP contribution is -2.12. The Kier molecular flexibility index (Phi) is 5.79. The zero-order valence-corrected chi connectivity index (χ0v) is 20.9. The molecule has 0 saturated carbocycles. The van der Waals surface area contributed by atoms with Crippen molar-refractivity contribution in [3.8, 4) is 28.7 Å². The van der Waals surface area contributed by atoms with E-state index in [0.717, 1.165) is 5.56 Å². The molecule has 0 aromatic heterocycles. The molecule has 2 heterocycles. The number of benzene rings is 5. The summed E-state index contributed by atoms with van der Waals surface area (Å²) in [6.07, 6.45) is -0.819. The molecule has 2 aliphatic carbocycles. The second-order valence-corrected chi connectivity index (χ2v) is 9.29. The summed E-state index contributed by atoms with van der Waals surface area (Å²) >= 11 is 0. The Bertz CT molecular complexity index is 2050. The number of rotatable bonds is 6. The molecule has 8 nitrogen and oxygen atoms in total. The second kappa shape index (κ2) is 9.76. The van der Waals surface area contributed by atoms with Crippen molar-refractivity contribution in [2.24, 2.45) is 0 Å². The van der Waals surface area contributed by atoms with E-state index in [2.05, 4.69) is 9.97 Å². The highest BCUT2D eigenvalue weighted by Gasteiger charge is 2.19. The Hall–Kier alpha value is -5.34. The summed E-state index contributed by atoms with van der Waals surface area (Å²) in [7, 11) is 0. The number of aromatic nitrogens is 2. The standard InChI is InChI=1S/C32H20N2O6/c35-21-7-11-25-29(15-21)39-28-14-20(6-10-24(28)33-25)32(37-18-19-4-2-1-3-5-19)38-23-9-13-27-31(17-23)40-30-16-22(36)8-12-26(30)34-27/h1-17,32H,18H2. The van der Waals surface area contributed by atoms with Gasteiger partial charge in [0, 0.05) is 23.8 Å². The van der Waals surface area contributed by atoms with E-state index in [0.29, 0.717) is 63.0 Å². The fraction of sp³-hybridized carbons (Fsp3) is 0.0625. The highest BCUT2D eigenvalue weighted by atomic mass is 16.7. The number of ether oxygens (including phenoxy) is 2. The SMILES string of the molecule is O=c1ccc2nc3ccc(OC(OCc4ccccc4)c4ccc5nc6ccc(=O)cc-6oc5c4)cc3oc-2c1. The zero-order chi connectivity index (χ0) is 27.1. The molecule has 40 heavy (non-hydrogen) atoms. The van der Waals surface area contributed by atoms with E-state index in [9.17, 15) is 9.59 Å². The summed E-state index contributed by atoms with van der Waals surface area (Å²) in [5.41, 5.74) is 4.77. The van der Waals surface area contributed by atoms with E-state index in [1.807, 2.05) is 42.5 Å². The minimum Gasteiger partial charge on any atom is -0.460 e. The lowest BCUT2D eigenvalue weighted by Gasteiger charge is -2.21. The molecule has 0 N–H and O–H groups in total. The molecular weight excluding hydrogens is 508 g/mol. The molecule has 4 aliphatic rings. The number of hydrogen-bond donors (Lipinski definition) is 0. The molecule has 0 radical (unpaired) electrons. The van der Waals surface area contributed by atoms with Gasteiger partial charge in [0.2, 0.25) is 6.29 Å². The summed E-state index contributed by atoms with van der Waals surface area (Å²) in [6.45, 7) is 0.298. The maximum atomic E-state index is 11.8.